The maximum atomic E-state index is 2.67. The van der Waals surface area contributed by atoms with E-state index in [1.165, 1.54) is 51.6 Å². The molecule has 1 aliphatic heterocycles. The lowest BCUT2D eigenvalue weighted by molar-refractivity contribution is 0.234. The lowest BCUT2D eigenvalue weighted by Gasteiger charge is -2.30. The molecule has 0 aromatic rings. The Hall–Kier alpha value is -0.0400. The van der Waals surface area contributed by atoms with E-state index in [4.69, 9.17) is 0 Å². The minimum atomic E-state index is 0.853. The van der Waals surface area contributed by atoms with Gasteiger partial charge in [0.25, 0.3) is 0 Å². The second-order valence-corrected chi connectivity index (χ2v) is 3.83. The van der Waals surface area contributed by atoms with Gasteiger partial charge in [-0.1, -0.05) is 12.8 Å². The Kier molecular flexibility index (Phi) is 2.47. The summed E-state index contributed by atoms with van der Waals surface area (Å²) in [6.45, 7) is 2.72. The van der Waals surface area contributed by atoms with Crippen molar-refractivity contribution in [1.82, 2.24) is 4.90 Å². The number of hydrogen-bond acceptors (Lipinski definition) is 1. The Bertz CT molecular complexity index is 110. The quantitative estimate of drug-likeness (QED) is 0.557. The van der Waals surface area contributed by atoms with Crippen LogP contribution < -0.4 is 0 Å². The molecule has 0 bridgehead atoms. The lowest BCUT2D eigenvalue weighted by atomic mass is 9.94. The van der Waals surface area contributed by atoms with E-state index in [0.29, 0.717) is 0 Å². The van der Waals surface area contributed by atoms with Crippen LogP contribution in [-0.2, 0) is 0 Å². The monoisotopic (exact) mass is 152 g/mol. The van der Waals surface area contributed by atoms with Crippen LogP contribution in [0.3, 0.4) is 0 Å². The zero-order valence-electron chi connectivity index (χ0n) is 7.26. The minimum absolute atomic E-state index is 0.853. The summed E-state index contributed by atoms with van der Waals surface area (Å²) in [4.78, 5) is 2.67. The average Bonchev–Trinajstić information content (AvgIpc) is 2.58. The molecule has 2 fully saturated rings. The van der Waals surface area contributed by atoms with Gasteiger partial charge in [0.15, 0.2) is 0 Å². The van der Waals surface area contributed by atoms with E-state index in [2.05, 4.69) is 11.3 Å². The summed E-state index contributed by atoms with van der Waals surface area (Å²) in [5.74, 6) is 0. The minimum Gasteiger partial charge on any atom is -0.300 e. The maximum Gasteiger partial charge on any atom is 0.0127 e. The van der Waals surface area contributed by atoms with Gasteiger partial charge in [-0.15, -0.1) is 0 Å². The molecule has 1 radical (unpaired) electrons. The second kappa shape index (κ2) is 3.57. The lowest BCUT2D eigenvalue weighted by Crippen LogP contribution is -2.34. The van der Waals surface area contributed by atoms with Crippen molar-refractivity contribution in [3.63, 3.8) is 0 Å². The molecule has 1 heteroatoms. The first-order valence-electron chi connectivity index (χ1n) is 5.04. The first-order valence-corrected chi connectivity index (χ1v) is 5.04. The number of rotatable bonds is 1. The van der Waals surface area contributed by atoms with Crippen LogP contribution in [0, 0.1) is 6.42 Å². The Morgan fingerprint density at radius 2 is 1.82 bits per heavy atom. The third-order valence-electron chi connectivity index (χ3n) is 3.00. The summed E-state index contributed by atoms with van der Waals surface area (Å²) >= 11 is 0. The fourth-order valence-electron chi connectivity index (χ4n) is 2.33. The molecule has 1 unspecified atom stereocenters. The van der Waals surface area contributed by atoms with E-state index >= 15 is 0 Å². The molecule has 0 spiro atoms. The number of likely N-dealkylation sites (tertiary alicyclic amines) is 1. The highest BCUT2D eigenvalue weighted by Crippen LogP contribution is 2.24. The van der Waals surface area contributed by atoms with Gasteiger partial charge in [0, 0.05) is 6.04 Å². The standard InChI is InChI=1S/C10H18N/c1-2-6-10(7-3-1)11-8-4-5-9-11/h6,10H,1-5,7-9H2. The Morgan fingerprint density at radius 1 is 1.00 bits per heavy atom. The normalized spacial score (nSPS) is 29.5. The molecule has 0 aromatic carbocycles. The van der Waals surface area contributed by atoms with E-state index in [1.54, 1.807) is 0 Å². The molecule has 11 heavy (non-hydrogen) atoms. The first-order chi connectivity index (χ1) is 5.47. The van der Waals surface area contributed by atoms with Crippen LogP contribution in [0.1, 0.15) is 38.5 Å². The number of nitrogens with zero attached hydrogens (tertiary/aromatic N) is 1. The molecule has 1 atom stereocenters. The fourth-order valence-corrected chi connectivity index (χ4v) is 2.33. The molecule has 0 aromatic heterocycles. The third-order valence-corrected chi connectivity index (χ3v) is 3.00. The van der Waals surface area contributed by atoms with Crippen LogP contribution in [0.2, 0.25) is 0 Å². The topological polar surface area (TPSA) is 3.24 Å². The molecule has 1 saturated carbocycles. The van der Waals surface area contributed by atoms with Crippen LogP contribution in [0.25, 0.3) is 0 Å². The van der Waals surface area contributed by atoms with E-state index in [0.717, 1.165) is 6.04 Å². The molecular formula is C10H18N. The molecule has 0 amide bonds. The van der Waals surface area contributed by atoms with E-state index in [1.807, 2.05) is 0 Å². The summed E-state index contributed by atoms with van der Waals surface area (Å²) < 4.78 is 0. The SMILES string of the molecule is [CH]1CCCCC1N1CCCC1. The molecule has 63 valence electrons. The molecule has 2 rings (SSSR count). The summed E-state index contributed by atoms with van der Waals surface area (Å²) in [6, 6.07) is 0.853. The van der Waals surface area contributed by atoms with Gasteiger partial charge >= 0.3 is 0 Å². The molecule has 1 nitrogen and oxygen atoms in total. The average molecular weight is 152 g/mol. The Labute approximate surface area is 69.8 Å². The van der Waals surface area contributed by atoms with Crippen LogP contribution in [0.5, 0.6) is 0 Å². The highest BCUT2D eigenvalue weighted by atomic mass is 15.2. The Morgan fingerprint density at radius 3 is 2.45 bits per heavy atom. The third kappa shape index (κ3) is 1.76. The summed E-state index contributed by atoms with van der Waals surface area (Å²) in [6.07, 6.45) is 11.1. The highest BCUT2D eigenvalue weighted by Gasteiger charge is 2.23. The van der Waals surface area contributed by atoms with Crippen molar-refractivity contribution < 1.29 is 0 Å². The van der Waals surface area contributed by atoms with Crippen molar-refractivity contribution in [2.75, 3.05) is 13.1 Å². The smallest absolute Gasteiger partial charge is 0.0127 e. The van der Waals surface area contributed by atoms with Crippen molar-refractivity contribution in [3.05, 3.63) is 6.42 Å². The van der Waals surface area contributed by atoms with Gasteiger partial charge in [0.2, 0.25) is 0 Å². The summed E-state index contributed by atoms with van der Waals surface area (Å²) in [5.41, 5.74) is 0. The second-order valence-electron chi connectivity index (χ2n) is 3.83. The zero-order valence-corrected chi connectivity index (χ0v) is 7.26. The van der Waals surface area contributed by atoms with Crippen LogP contribution in [-0.4, -0.2) is 24.0 Å². The van der Waals surface area contributed by atoms with Gasteiger partial charge < -0.3 is 4.90 Å². The van der Waals surface area contributed by atoms with E-state index < -0.39 is 0 Å². The van der Waals surface area contributed by atoms with Gasteiger partial charge in [0.05, 0.1) is 0 Å². The molecule has 1 aliphatic carbocycles. The zero-order chi connectivity index (χ0) is 7.52. The highest BCUT2D eigenvalue weighted by molar-refractivity contribution is 4.90. The van der Waals surface area contributed by atoms with Crippen LogP contribution >= 0.6 is 0 Å². The predicted octanol–water partition coefficient (Wildman–Crippen LogP) is 2.23. The summed E-state index contributed by atoms with van der Waals surface area (Å²) in [7, 11) is 0. The molecule has 1 saturated heterocycles. The van der Waals surface area contributed by atoms with Crippen molar-refractivity contribution in [3.8, 4) is 0 Å². The van der Waals surface area contributed by atoms with Gasteiger partial charge in [-0.2, -0.15) is 0 Å². The van der Waals surface area contributed by atoms with E-state index in [9.17, 15) is 0 Å². The molecule has 0 N–H and O–H groups in total. The van der Waals surface area contributed by atoms with Gasteiger partial charge in [-0.05, 0) is 45.2 Å². The van der Waals surface area contributed by atoms with Crippen molar-refractivity contribution >= 4 is 0 Å². The first kappa shape index (κ1) is 7.60. The van der Waals surface area contributed by atoms with Gasteiger partial charge in [-0.25, -0.2) is 0 Å². The number of hydrogen-bond donors (Lipinski definition) is 0. The molecule has 2 aliphatic rings. The predicted molar refractivity (Wildman–Crippen MR) is 47.4 cm³/mol. The van der Waals surface area contributed by atoms with Crippen molar-refractivity contribution in [2.24, 2.45) is 0 Å². The fraction of sp³-hybridized carbons (Fsp3) is 0.900. The largest absolute Gasteiger partial charge is 0.300 e. The Balaban J connectivity index is 1.82. The molecular weight excluding hydrogens is 134 g/mol. The van der Waals surface area contributed by atoms with Gasteiger partial charge in [-0.3, -0.25) is 0 Å². The van der Waals surface area contributed by atoms with Crippen LogP contribution in [0.4, 0.5) is 0 Å². The van der Waals surface area contributed by atoms with Crippen molar-refractivity contribution in [1.29, 1.82) is 0 Å². The van der Waals surface area contributed by atoms with Gasteiger partial charge in [0.1, 0.15) is 0 Å². The summed E-state index contributed by atoms with van der Waals surface area (Å²) in [5, 5.41) is 0. The van der Waals surface area contributed by atoms with E-state index in [-0.39, 0.29) is 0 Å². The molecule has 1 heterocycles. The maximum absolute atomic E-state index is 2.67. The van der Waals surface area contributed by atoms with Crippen molar-refractivity contribution in [2.45, 2.75) is 44.6 Å². The van der Waals surface area contributed by atoms with Crippen LogP contribution in [0.15, 0.2) is 0 Å².